The zero-order valence-corrected chi connectivity index (χ0v) is 7.71. The van der Waals surface area contributed by atoms with E-state index in [9.17, 15) is 4.79 Å². The molecule has 6 nitrogen and oxygen atoms in total. The zero-order valence-electron chi connectivity index (χ0n) is 7.71. The monoisotopic (exact) mass is 201 g/mol. The first kappa shape index (κ1) is 8.10. The molecule has 0 unspecified atom stereocenters. The van der Waals surface area contributed by atoms with Gasteiger partial charge in [-0.3, -0.25) is 9.79 Å². The molecule has 0 atom stereocenters. The number of aliphatic imine (C=N–C) groups is 1. The largest absolute Gasteiger partial charge is 0.364 e. The van der Waals surface area contributed by atoms with Gasteiger partial charge in [0.05, 0.1) is 12.4 Å². The fraction of sp³-hybridized carbons (Fsp3) is 0.111. The lowest BCUT2D eigenvalue weighted by Crippen LogP contribution is -2.14. The summed E-state index contributed by atoms with van der Waals surface area (Å²) in [5, 5.41) is 4.11. The van der Waals surface area contributed by atoms with Gasteiger partial charge in [0, 0.05) is 18.2 Å². The van der Waals surface area contributed by atoms with Crippen molar-refractivity contribution in [3.05, 3.63) is 23.7 Å². The number of aromatic nitrogens is 3. The Hall–Kier alpha value is -2.24. The Morgan fingerprint density at radius 3 is 3.13 bits per heavy atom. The van der Waals surface area contributed by atoms with Gasteiger partial charge in [-0.15, -0.1) is 0 Å². The lowest BCUT2D eigenvalue weighted by molar-refractivity contribution is 0.0993. The molecule has 0 saturated heterocycles. The molecule has 0 saturated carbocycles. The molecule has 2 aromatic heterocycles. The lowest BCUT2D eigenvalue weighted by atomic mass is 10.2. The highest BCUT2D eigenvalue weighted by molar-refractivity contribution is 5.93. The van der Waals surface area contributed by atoms with Gasteiger partial charge in [-0.25, -0.2) is 9.50 Å². The third kappa shape index (κ3) is 0.983. The molecule has 1 amide bonds. The van der Waals surface area contributed by atoms with Crippen LogP contribution in [0.25, 0.3) is 5.65 Å². The van der Waals surface area contributed by atoms with Gasteiger partial charge in [-0.05, 0) is 0 Å². The second kappa shape index (κ2) is 2.63. The minimum Gasteiger partial charge on any atom is -0.364 e. The molecule has 0 aliphatic carbocycles. The molecule has 1 aliphatic rings. The number of primary amides is 1. The van der Waals surface area contributed by atoms with Crippen LogP contribution in [0.4, 0.5) is 5.69 Å². The van der Waals surface area contributed by atoms with E-state index in [2.05, 4.69) is 15.1 Å². The van der Waals surface area contributed by atoms with E-state index in [-0.39, 0.29) is 5.69 Å². The first-order valence-corrected chi connectivity index (χ1v) is 4.45. The first-order chi connectivity index (χ1) is 7.27. The van der Waals surface area contributed by atoms with Crippen LogP contribution >= 0.6 is 0 Å². The van der Waals surface area contributed by atoms with E-state index in [1.54, 1.807) is 12.4 Å². The van der Waals surface area contributed by atoms with Crippen molar-refractivity contribution in [2.45, 2.75) is 6.42 Å². The highest BCUT2D eigenvalue weighted by Gasteiger charge is 2.17. The van der Waals surface area contributed by atoms with Gasteiger partial charge in [0.2, 0.25) is 0 Å². The molecular formula is C9H7N5O. The second-order valence-corrected chi connectivity index (χ2v) is 3.28. The Morgan fingerprint density at radius 2 is 2.33 bits per heavy atom. The van der Waals surface area contributed by atoms with Gasteiger partial charge in [0.15, 0.2) is 5.65 Å². The maximum absolute atomic E-state index is 11.1. The Labute approximate surface area is 84.4 Å². The highest BCUT2D eigenvalue weighted by Crippen LogP contribution is 2.27. The average molecular weight is 201 g/mol. The molecule has 0 fully saturated rings. The highest BCUT2D eigenvalue weighted by atomic mass is 16.1. The van der Waals surface area contributed by atoms with Crippen LogP contribution in [-0.2, 0) is 6.42 Å². The summed E-state index contributed by atoms with van der Waals surface area (Å²) < 4.78 is 1.42. The molecule has 2 aromatic rings. The molecule has 1 aliphatic heterocycles. The maximum atomic E-state index is 11.1. The van der Waals surface area contributed by atoms with E-state index in [0.29, 0.717) is 5.65 Å². The van der Waals surface area contributed by atoms with E-state index in [4.69, 9.17) is 5.73 Å². The quantitative estimate of drug-likeness (QED) is 0.709. The third-order valence-corrected chi connectivity index (χ3v) is 2.37. The van der Waals surface area contributed by atoms with Crippen molar-refractivity contribution >= 4 is 23.5 Å². The van der Waals surface area contributed by atoms with Crippen molar-refractivity contribution in [3.8, 4) is 0 Å². The number of fused-ring (bicyclic) bond motifs is 3. The summed E-state index contributed by atoms with van der Waals surface area (Å²) in [7, 11) is 0. The van der Waals surface area contributed by atoms with Gasteiger partial charge < -0.3 is 5.73 Å². The van der Waals surface area contributed by atoms with E-state index >= 15 is 0 Å². The molecule has 3 heterocycles. The number of hydrogen-bond acceptors (Lipinski definition) is 4. The van der Waals surface area contributed by atoms with Crippen LogP contribution in [0.1, 0.15) is 16.1 Å². The van der Waals surface area contributed by atoms with E-state index in [1.807, 2.05) is 0 Å². The van der Waals surface area contributed by atoms with Gasteiger partial charge in [-0.2, -0.15) is 5.10 Å². The molecule has 0 spiro atoms. The minimum absolute atomic E-state index is 0.273. The smallest absolute Gasteiger partial charge is 0.269 e. The number of imidazole rings is 1. The van der Waals surface area contributed by atoms with Crippen LogP contribution < -0.4 is 5.73 Å². The molecule has 2 N–H and O–H groups in total. The van der Waals surface area contributed by atoms with Crippen molar-refractivity contribution in [1.29, 1.82) is 0 Å². The molecule has 6 heteroatoms. The molecule has 3 rings (SSSR count). The van der Waals surface area contributed by atoms with Gasteiger partial charge >= 0.3 is 0 Å². The van der Waals surface area contributed by atoms with Crippen LogP contribution in [0, 0.1) is 0 Å². The van der Waals surface area contributed by atoms with Crippen molar-refractivity contribution < 1.29 is 4.79 Å². The van der Waals surface area contributed by atoms with Crippen LogP contribution in [0.5, 0.6) is 0 Å². The summed E-state index contributed by atoms with van der Waals surface area (Å²) in [5.41, 5.74) is 7.84. The predicted molar refractivity (Wildman–Crippen MR) is 53.4 cm³/mol. The van der Waals surface area contributed by atoms with Crippen molar-refractivity contribution in [3.63, 3.8) is 0 Å². The van der Waals surface area contributed by atoms with Crippen LogP contribution in [0.2, 0.25) is 0 Å². The maximum Gasteiger partial charge on any atom is 0.269 e. The second-order valence-electron chi connectivity index (χ2n) is 3.28. The summed E-state index contributed by atoms with van der Waals surface area (Å²) in [6.45, 7) is 0. The Kier molecular flexibility index (Phi) is 1.42. The summed E-state index contributed by atoms with van der Waals surface area (Å²) in [6.07, 6.45) is 5.66. The van der Waals surface area contributed by atoms with Crippen LogP contribution in [-0.4, -0.2) is 26.7 Å². The number of rotatable bonds is 1. The normalized spacial score (nSPS) is 13.3. The van der Waals surface area contributed by atoms with Gasteiger partial charge in [-0.1, -0.05) is 0 Å². The molecule has 74 valence electrons. The number of nitrogens with zero attached hydrogens (tertiary/aromatic N) is 4. The van der Waals surface area contributed by atoms with E-state index in [1.165, 1.54) is 10.7 Å². The number of hydrogen-bond donors (Lipinski definition) is 1. The predicted octanol–water partition coefficient (Wildman–Crippen LogP) is 0.0866. The summed E-state index contributed by atoms with van der Waals surface area (Å²) >= 11 is 0. The van der Waals surface area contributed by atoms with Crippen molar-refractivity contribution in [2.75, 3.05) is 0 Å². The molecule has 0 aromatic carbocycles. The van der Waals surface area contributed by atoms with E-state index < -0.39 is 5.91 Å². The van der Waals surface area contributed by atoms with Crippen LogP contribution in [0.15, 0.2) is 17.4 Å². The van der Waals surface area contributed by atoms with E-state index in [0.717, 1.165) is 17.7 Å². The fourth-order valence-electron chi connectivity index (χ4n) is 1.65. The van der Waals surface area contributed by atoms with Crippen molar-refractivity contribution in [1.82, 2.24) is 14.6 Å². The molecule has 0 radical (unpaired) electrons. The summed E-state index contributed by atoms with van der Waals surface area (Å²) in [5.74, 6) is -0.545. The number of carbonyl (C=O) groups is 1. The molecule has 15 heavy (non-hydrogen) atoms. The average Bonchev–Trinajstić information content (AvgIpc) is 2.82. The van der Waals surface area contributed by atoms with Gasteiger partial charge in [0.25, 0.3) is 5.91 Å². The molecular weight excluding hydrogens is 194 g/mol. The summed E-state index contributed by atoms with van der Waals surface area (Å²) in [6, 6.07) is 0. The topological polar surface area (TPSA) is 85.6 Å². The first-order valence-electron chi connectivity index (χ1n) is 4.45. The third-order valence-electron chi connectivity index (χ3n) is 2.37. The van der Waals surface area contributed by atoms with Gasteiger partial charge in [0.1, 0.15) is 11.4 Å². The number of nitrogens with two attached hydrogens (primary N) is 1. The zero-order chi connectivity index (χ0) is 10.4. The SMILES string of the molecule is NC(=O)c1cnc2c3c(cnn12)CC=N3. The lowest BCUT2D eigenvalue weighted by Gasteiger charge is -1.99. The Morgan fingerprint density at radius 1 is 1.47 bits per heavy atom. The van der Waals surface area contributed by atoms with Crippen LogP contribution in [0.3, 0.4) is 0 Å². The standard InChI is InChI=1S/C9H7N5O/c10-8(15)6-4-12-9-7-5(1-2-11-7)3-13-14(6)9/h2-4H,1H2,(H2,10,15). The minimum atomic E-state index is -0.545. The number of amides is 1. The Bertz CT molecular complexity index is 598. The molecule has 0 bridgehead atoms. The van der Waals surface area contributed by atoms with Crippen molar-refractivity contribution in [2.24, 2.45) is 10.7 Å². The summed E-state index contributed by atoms with van der Waals surface area (Å²) in [4.78, 5) is 19.4. The fourth-order valence-corrected chi connectivity index (χ4v) is 1.65. The number of carbonyl (C=O) groups excluding carboxylic acids is 1. The Balaban J connectivity index is 2.39.